The number of carbonyl (C=O) groups is 1. The van der Waals surface area contributed by atoms with Crippen molar-refractivity contribution in [2.45, 2.75) is 76.6 Å². The molecule has 2 unspecified atom stereocenters. The number of aromatic nitrogens is 2. The lowest BCUT2D eigenvalue weighted by molar-refractivity contribution is 0.00785. The number of nitrogens with zero attached hydrogens (tertiary/aromatic N) is 3. The van der Waals surface area contributed by atoms with E-state index in [0.717, 1.165) is 51.0 Å². The predicted molar refractivity (Wildman–Crippen MR) is 97.6 cm³/mol. The van der Waals surface area contributed by atoms with Gasteiger partial charge in [-0.1, -0.05) is 12.8 Å². The molecule has 1 aromatic heterocycles. The molecule has 25 heavy (non-hydrogen) atoms. The van der Waals surface area contributed by atoms with Gasteiger partial charge < -0.3 is 10.4 Å². The second-order valence-corrected chi connectivity index (χ2v) is 7.58. The lowest BCUT2D eigenvalue weighted by Crippen LogP contribution is -2.52. The Kier molecular flexibility index (Phi) is 5.96. The van der Waals surface area contributed by atoms with Gasteiger partial charge in [-0.15, -0.1) is 0 Å². The van der Waals surface area contributed by atoms with Crippen molar-refractivity contribution in [3.63, 3.8) is 0 Å². The summed E-state index contributed by atoms with van der Waals surface area (Å²) in [4.78, 5) is 14.7. The number of nitrogens with one attached hydrogen (secondary N) is 2. The Morgan fingerprint density at radius 3 is 2.64 bits per heavy atom. The van der Waals surface area contributed by atoms with Gasteiger partial charge in [-0.25, -0.2) is 9.48 Å². The number of piperidine rings is 1. The fraction of sp³-hybridized carbons (Fsp3) is 0.778. The van der Waals surface area contributed by atoms with Crippen molar-refractivity contribution in [3.05, 3.63) is 12.3 Å². The van der Waals surface area contributed by atoms with Gasteiger partial charge in [-0.3, -0.25) is 10.2 Å². The highest BCUT2D eigenvalue weighted by Crippen LogP contribution is 2.26. The molecule has 2 fully saturated rings. The van der Waals surface area contributed by atoms with E-state index in [0.29, 0.717) is 6.04 Å². The van der Waals surface area contributed by atoms with Crippen molar-refractivity contribution in [1.82, 2.24) is 20.0 Å². The lowest BCUT2D eigenvalue weighted by atomic mass is 9.89. The van der Waals surface area contributed by atoms with E-state index in [9.17, 15) is 9.90 Å². The molecule has 1 saturated heterocycles. The van der Waals surface area contributed by atoms with Gasteiger partial charge in [-0.05, 0) is 39.5 Å². The number of aliphatic hydroxyl groups excluding tert-OH is 1. The van der Waals surface area contributed by atoms with E-state index in [4.69, 9.17) is 0 Å². The van der Waals surface area contributed by atoms with Crippen LogP contribution < -0.4 is 10.6 Å². The Labute approximate surface area is 149 Å². The second kappa shape index (κ2) is 8.19. The molecule has 0 radical (unpaired) electrons. The molecule has 0 spiro atoms. The van der Waals surface area contributed by atoms with Gasteiger partial charge in [0.05, 0.1) is 12.3 Å². The second-order valence-electron chi connectivity index (χ2n) is 7.58. The molecule has 2 aliphatic rings. The zero-order valence-electron chi connectivity index (χ0n) is 15.3. The van der Waals surface area contributed by atoms with Gasteiger partial charge in [0.15, 0.2) is 0 Å². The maximum atomic E-state index is 12.3. The monoisotopic (exact) mass is 349 g/mol. The highest BCUT2D eigenvalue weighted by atomic mass is 16.3. The minimum Gasteiger partial charge on any atom is -0.391 e. The summed E-state index contributed by atoms with van der Waals surface area (Å²) in [5, 5.41) is 20.4. The third-order valence-corrected chi connectivity index (χ3v) is 5.43. The van der Waals surface area contributed by atoms with Crippen molar-refractivity contribution in [1.29, 1.82) is 0 Å². The van der Waals surface area contributed by atoms with Crippen LogP contribution in [0, 0.1) is 0 Å². The minimum absolute atomic E-state index is 0.168. The molecule has 2 atom stereocenters. The molecule has 0 aromatic carbocycles. The average molecular weight is 349 g/mol. The zero-order chi connectivity index (χ0) is 17.8. The van der Waals surface area contributed by atoms with Gasteiger partial charge in [-0.2, -0.15) is 5.10 Å². The van der Waals surface area contributed by atoms with E-state index < -0.39 is 0 Å². The number of urea groups is 1. The summed E-state index contributed by atoms with van der Waals surface area (Å²) < 4.78 is 1.80. The summed E-state index contributed by atoms with van der Waals surface area (Å²) >= 11 is 0. The van der Waals surface area contributed by atoms with Crippen molar-refractivity contribution in [3.8, 4) is 0 Å². The molecule has 2 heterocycles. The van der Waals surface area contributed by atoms with Crippen LogP contribution in [0.3, 0.4) is 0 Å². The van der Waals surface area contributed by atoms with Gasteiger partial charge in [0, 0.05) is 37.3 Å². The number of hydrogen-bond acceptors (Lipinski definition) is 4. The van der Waals surface area contributed by atoms with Gasteiger partial charge in [0.1, 0.15) is 5.82 Å². The molecule has 0 bridgehead atoms. The maximum Gasteiger partial charge on any atom is 0.320 e. The fourth-order valence-electron chi connectivity index (χ4n) is 4.06. The molecule has 7 nitrogen and oxygen atoms in total. The third kappa shape index (κ3) is 4.52. The van der Waals surface area contributed by atoms with E-state index in [1.54, 1.807) is 10.9 Å². The van der Waals surface area contributed by atoms with Gasteiger partial charge in [0.2, 0.25) is 0 Å². The summed E-state index contributed by atoms with van der Waals surface area (Å²) in [6.07, 6.45) is 7.75. The molecule has 1 aliphatic carbocycles. The topological polar surface area (TPSA) is 82.4 Å². The third-order valence-electron chi connectivity index (χ3n) is 5.43. The predicted octanol–water partition coefficient (Wildman–Crippen LogP) is 2.35. The Morgan fingerprint density at radius 2 is 1.96 bits per heavy atom. The van der Waals surface area contributed by atoms with Crippen LogP contribution in [-0.2, 0) is 0 Å². The smallest absolute Gasteiger partial charge is 0.320 e. The summed E-state index contributed by atoms with van der Waals surface area (Å²) in [7, 11) is 0. The summed E-state index contributed by atoms with van der Waals surface area (Å²) in [5.41, 5.74) is 0. The summed E-state index contributed by atoms with van der Waals surface area (Å²) in [6, 6.07) is 2.34. The molecular formula is C18H31N5O2. The van der Waals surface area contributed by atoms with Crippen molar-refractivity contribution in [2.24, 2.45) is 0 Å². The Balaban J connectivity index is 1.45. The number of likely N-dealkylation sites (tertiary alicyclic amines) is 1. The first-order chi connectivity index (χ1) is 12.0. The zero-order valence-corrected chi connectivity index (χ0v) is 15.3. The normalized spacial score (nSPS) is 25.9. The van der Waals surface area contributed by atoms with Crippen LogP contribution in [0.15, 0.2) is 12.3 Å². The number of hydrogen-bond donors (Lipinski definition) is 3. The molecular weight excluding hydrogens is 318 g/mol. The number of carbonyl (C=O) groups excluding carboxylic acids is 1. The van der Waals surface area contributed by atoms with E-state index >= 15 is 0 Å². The van der Waals surface area contributed by atoms with Crippen LogP contribution in [0.1, 0.15) is 58.4 Å². The lowest BCUT2D eigenvalue weighted by Gasteiger charge is -2.41. The number of aliphatic hydroxyl groups is 1. The van der Waals surface area contributed by atoms with Crippen molar-refractivity contribution < 1.29 is 9.90 Å². The average Bonchev–Trinajstić information content (AvgIpc) is 3.04. The van der Waals surface area contributed by atoms with E-state index in [1.165, 1.54) is 6.42 Å². The Hall–Kier alpha value is -1.60. The summed E-state index contributed by atoms with van der Waals surface area (Å²) in [6.45, 7) is 5.95. The van der Waals surface area contributed by atoms with Crippen LogP contribution in [0.5, 0.6) is 0 Å². The van der Waals surface area contributed by atoms with Crippen LogP contribution in [-0.4, -0.2) is 57.1 Å². The van der Waals surface area contributed by atoms with Crippen LogP contribution in [0.2, 0.25) is 0 Å². The molecule has 1 aliphatic heterocycles. The first kappa shape index (κ1) is 18.2. The standard InChI is InChI=1S/C18H31N5O2/c1-13(2)23-17(7-10-19-23)21-18(25)20-14-8-11-22(12-9-14)15-5-3-4-6-16(15)24/h7,10,13-16,24H,3-6,8-9,11-12H2,1-2H3,(H2,20,21,25). The Morgan fingerprint density at radius 1 is 1.24 bits per heavy atom. The SMILES string of the molecule is CC(C)n1nccc1NC(=O)NC1CCN(C2CCCCC2O)CC1. The van der Waals surface area contributed by atoms with E-state index in [-0.39, 0.29) is 24.2 Å². The Bertz CT molecular complexity index is 566. The number of amides is 2. The van der Waals surface area contributed by atoms with Crippen molar-refractivity contribution >= 4 is 11.8 Å². The summed E-state index contributed by atoms with van der Waals surface area (Å²) in [5.74, 6) is 0.718. The molecule has 7 heteroatoms. The van der Waals surface area contributed by atoms with Crippen LogP contribution >= 0.6 is 0 Å². The minimum atomic E-state index is -0.183. The first-order valence-corrected chi connectivity index (χ1v) is 9.57. The van der Waals surface area contributed by atoms with Gasteiger partial charge in [0.25, 0.3) is 0 Å². The molecule has 3 rings (SSSR count). The van der Waals surface area contributed by atoms with Crippen molar-refractivity contribution in [2.75, 3.05) is 18.4 Å². The van der Waals surface area contributed by atoms with E-state index in [2.05, 4.69) is 20.6 Å². The molecule has 2 amide bonds. The number of rotatable bonds is 4. The highest BCUT2D eigenvalue weighted by molar-refractivity contribution is 5.88. The molecule has 3 N–H and O–H groups in total. The quantitative estimate of drug-likeness (QED) is 0.779. The molecule has 1 saturated carbocycles. The molecule has 1 aromatic rings. The largest absolute Gasteiger partial charge is 0.391 e. The highest BCUT2D eigenvalue weighted by Gasteiger charge is 2.31. The number of anilines is 1. The van der Waals surface area contributed by atoms with Crippen LogP contribution in [0.25, 0.3) is 0 Å². The fourth-order valence-corrected chi connectivity index (χ4v) is 4.06. The van der Waals surface area contributed by atoms with Crippen LogP contribution in [0.4, 0.5) is 10.6 Å². The first-order valence-electron chi connectivity index (χ1n) is 9.57. The molecule has 140 valence electrons. The maximum absolute atomic E-state index is 12.3. The van der Waals surface area contributed by atoms with E-state index in [1.807, 2.05) is 19.9 Å². The van der Waals surface area contributed by atoms with Gasteiger partial charge >= 0.3 is 6.03 Å².